The van der Waals surface area contributed by atoms with E-state index in [1.807, 2.05) is 60.7 Å². The molecule has 110 valence electrons. The summed E-state index contributed by atoms with van der Waals surface area (Å²) in [4.78, 5) is 0. The minimum Gasteiger partial charge on any atom is -0.391 e. The molecule has 0 aliphatic carbocycles. The maximum absolute atomic E-state index is 11.5. The molecule has 0 saturated carbocycles. The molecule has 0 bridgehead atoms. The maximum Gasteiger partial charge on any atom is 0.132 e. The fourth-order valence-electron chi connectivity index (χ4n) is 3.21. The zero-order valence-electron chi connectivity index (χ0n) is 11.9. The Bertz CT molecular complexity index is 531. The molecule has 2 aromatic rings. The van der Waals surface area contributed by atoms with Crippen LogP contribution in [-0.4, -0.2) is 28.9 Å². The lowest BCUT2D eigenvalue weighted by atomic mass is 9.76. The number of rotatable bonds is 3. The first-order chi connectivity index (χ1) is 10.2. The summed E-state index contributed by atoms with van der Waals surface area (Å²) in [7, 11) is 0. The summed E-state index contributed by atoms with van der Waals surface area (Å²) >= 11 is 0. The second-order valence-corrected chi connectivity index (χ2v) is 5.64. The van der Waals surface area contributed by atoms with Crippen LogP contribution in [0.3, 0.4) is 0 Å². The lowest BCUT2D eigenvalue weighted by molar-refractivity contribution is -0.0355. The van der Waals surface area contributed by atoms with Crippen LogP contribution in [-0.2, 0) is 5.60 Å². The summed E-state index contributed by atoms with van der Waals surface area (Å²) in [5, 5.41) is 25.2. The lowest BCUT2D eigenvalue weighted by Gasteiger charge is -2.42. The number of aliphatic hydroxyl groups excluding tert-OH is 1. The highest BCUT2D eigenvalue weighted by molar-refractivity contribution is 5.38. The Morgan fingerprint density at radius 3 is 1.90 bits per heavy atom. The molecule has 0 radical (unpaired) electrons. The molecule has 3 nitrogen and oxygen atoms in total. The average molecular weight is 283 g/mol. The van der Waals surface area contributed by atoms with Crippen molar-refractivity contribution in [1.82, 2.24) is 5.32 Å². The largest absolute Gasteiger partial charge is 0.391 e. The van der Waals surface area contributed by atoms with Crippen molar-refractivity contribution in [3.05, 3.63) is 71.8 Å². The summed E-state index contributed by atoms with van der Waals surface area (Å²) in [5.41, 5.74) is 0.367. The molecule has 1 saturated heterocycles. The van der Waals surface area contributed by atoms with Crippen LogP contribution in [0.15, 0.2) is 60.7 Å². The van der Waals surface area contributed by atoms with Crippen LogP contribution < -0.4 is 5.32 Å². The molecule has 3 heteroatoms. The van der Waals surface area contributed by atoms with E-state index in [1.54, 1.807) is 0 Å². The molecule has 1 aliphatic rings. The Hall–Kier alpha value is -1.68. The first-order valence-electron chi connectivity index (χ1n) is 7.48. The molecule has 3 rings (SSSR count). The Kier molecular flexibility index (Phi) is 4.06. The van der Waals surface area contributed by atoms with Gasteiger partial charge in [0.15, 0.2) is 0 Å². The predicted octanol–water partition coefficient (Wildman–Crippen LogP) is 2.04. The second kappa shape index (κ2) is 5.98. The highest BCUT2D eigenvalue weighted by Gasteiger charge is 2.44. The van der Waals surface area contributed by atoms with Gasteiger partial charge in [-0.3, -0.25) is 0 Å². The zero-order chi connectivity index (χ0) is 14.7. The molecule has 0 amide bonds. The first kappa shape index (κ1) is 14.3. The monoisotopic (exact) mass is 283 g/mol. The van der Waals surface area contributed by atoms with Gasteiger partial charge >= 0.3 is 0 Å². The van der Waals surface area contributed by atoms with Crippen LogP contribution in [0, 0.1) is 0 Å². The molecule has 21 heavy (non-hydrogen) atoms. The summed E-state index contributed by atoms with van der Waals surface area (Å²) in [6.45, 7) is 0.809. The van der Waals surface area contributed by atoms with E-state index in [1.165, 1.54) is 0 Å². The topological polar surface area (TPSA) is 52.5 Å². The van der Waals surface area contributed by atoms with Crippen LogP contribution in [0.25, 0.3) is 0 Å². The minimum absolute atomic E-state index is 0.406. The third-order valence-electron chi connectivity index (χ3n) is 4.30. The van der Waals surface area contributed by atoms with E-state index in [0.29, 0.717) is 6.42 Å². The molecule has 3 N–H and O–H groups in total. The second-order valence-electron chi connectivity index (χ2n) is 5.64. The standard InChI is InChI=1S/C18H21NO2/c20-16-12-7-13-19-17(16)18(21,14-8-3-1-4-9-14)15-10-5-2-6-11-15/h1-6,8-11,16-17,19-21H,7,12-13H2. The number of piperidine rings is 1. The molecular formula is C18H21NO2. The number of hydrogen-bond acceptors (Lipinski definition) is 3. The molecule has 0 aromatic heterocycles. The molecule has 1 fully saturated rings. The van der Waals surface area contributed by atoms with E-state index >= 15 is 0 Å². The van der Waals surface area contributed by atoms with Crippen LogP contribution >= 0.6 is 0 Å². The Morgan fingerprint density at radius 1 is 0.905 bits per heavy atom. The highest BCUT2D eigenvalue weighted by Crippen LogP contribution is 2.36. The highest BCUT2D eigenvalue weighted by atomic mass is 16.3. The molecule has 2 aromatic carbocycles. The van der Waals surface area contributed by atoms with Crippen LogP contribution in [0.4, 0.5) is 0 Å². The van der Waals surface area contributed by atoms with E-state index in [-0.39, 0.29) is 0 Å². The van der Waals surface area contributed by atoms with Crippen molar-refractivity contribution in [1.29, 1.82) is 0 Å². The summed E-state index contributed by atoms with van der Waals surface area (Å²) in [6.07, 6.45) is 1.07. The number of hydrogen-bond donors (Lipinski definition) is 3. The number of aliphatic hydroxyl groups is 2. The van der Waals surface area contributed by atoms with Crippen molar-refractivity contribution in [2.75, 3.05) is 6.54 Å². The van der Waals surface area contributed by atoms with Crippen molar-refractivity contribution in [2.24, 2.45) is 0 Å². The average Bonchev–Trinajstić information content (AvgIpc) is 2.56. The van der Waals surface area contributed by atoms with Gasteiger partial charge in [-0.05, 0) is 30.5 Å². The SMILES string of the molecule is OC1CCCNC1C(O)(c1ccccc1)c1ccccc1. The van der Waals surface area contributed by atoms with Gasteiger partial charge < -0.3 is 15.5 Å². The van der Waals surface area contributed by atoms with Crippen molar-refractivity contribution in [3.63, 3.8) is 0 Å². The van der Waals surface area contributed by atoms with Gasteiger partial charge in [0.05, 0.1) is 12.1 Å². The molecule has 2 atom stereocenters. The smallest absolute Gasteiger partial charge is 0.132 e. The third-order valence-corrected chi connectivity index (χ3v) is 4.30. The summed E-state index contributed by atoms with van der Waals surface area (Å²) < 4.78 is 0. The van der Waals surface area contributed by atoms with Crippen LogP contribution in [0.1, 0.15) is 24.0 Å². The van der Waals surface area contributed by atoms with Gasteiger partial charge in [0.1, 0.15) is 5.60 Å². The molecule has 0 spiro atoms. The number of benzene rings is 2. The van der Waals surface area contributed by atoms with Gasteiger partial charge in [-0.1, -0.05) is 60.7 Å². The van der Waals surface area contributed by atoms with Crippen molar-refractivity contribution in [2.45, 2.75) is 30.6 Å². The minimum atomic E-state index is -1.23. The summed E-state index contributed by atoms with van der Waals surface area (Å²) in [5.74, 6) is 0. The maximum atomic E-state index is 11.5. The predicted molar refractivity (Wildman–Crippen MR) is 82.9 cm³/mol. The van der Waals surface area contributed by atoms with Gasteiger partial charge in [0, 0.05) is 0 Å². The van der Waals surface area contributed by atoms with Gasteiger partial charge in [0.2, 0.25) is 0 Å². The van der Waals surface area contributed by atoms with E-state index in [2.05, 4.69) is 5.32 Å². The van der Waals surface area contributed by atoms with Crippen molar-refractivity contribution < 1.29 is 10.2 Å². The quantitative estimate of drug-likeness (QED) is 0.808. The van der Waals surface area contributed by atoms with Crippen LogP contribution in [0.5, 0.6) is 0 Å². The molecule has 1 aliphatic heterocycles. The van der Waals surface area contributed by atoms with E-state index < -0.39 is 17.7 Å². The fourth-order valence-corrected chi connectivity index (χ4v) is 3.21. The summed E-state index contributed by atoms with van der Waals surface area (Å²) in [6, 6.07) is 18.8. The van der Waals surface area contributed by atoms with Gasteiger partial charge in [-0.2, -0.15) is 0 Å². The zero-order valence-corrected chi connectivity index (χ0v) is 11.9. The normalized spacial score (nSPS) is 23.0. The molecule has 1 heterocycles. The van der Waals surface area contributed by atoms with E-state index in [9.17, 15) is 10.2 Å². The first-order valence-corrected chi connectivity index (χ1v) is 7.48. The Morgan fingerprint density at radius 2 is 1.43 bits per heavy atom. The van der Waals surface area contributed by atoms with Gasteiger partial charge in [0.25, 0.3) is 0 Å². The Balaban J connectivity index is 2.11. The lowest BCUT2D eigenvalue weighted by Crippen LogP contribution is -2.58. The third kappa shape index (κ3) is 2.60. The molecule has 2 unspecified atom stereocenters. The Labute approximate surface area is 125 Å². The fraction of sp³-hybridized carbons (Fsp3) is 0.333. The number of nitrogens with one attached hydrogen (secondary N) is 1. The van der Waals surface area contributed by atoms with E-state index in [0.717, 1.165) is 24.1 Å². The molecular weight excluding hydrogens is 262 g/mol. The van der Waals surface area contributed by atoms with E-state index in [4.69, 9.17) is 0 Å². The van der Waals surface area contributed by atoms with Crippen LogP contribution in [0.2, 0.25) is 0 Å². The van der Waals surface area contributed by atoms with Gasteiger partial charge in [-0.25, -0.2) is 0 Å². The van der Waals surface area contributed by atoms with Gasteiger partial charge in [-0.15, -0.1) is 0 Å². The van der Waals surface area contributed by atoms with Crippen molar-refractivity contribution in [3.8, 4) is 0 Å². The van der Waals surface area contributed by atoms with Crippen molar-refractivity contribution >= 4 is 0 Å².